The lowest BCUT2D eigenvalue weighted by Crippen LogP contribution is -2.46. The third-order valence-corrected chi connectivity index (χ3v) is 11.2. The van der Waals surface area contributed by atoms with Gasteiger partial charge >= 0.3 is 8.80 Å². The zero-order valence-corrected chi connectivity index (χ0v) is 22.2. The molecule has 1 aliphatic carbocycles. The summed E-state index contributed by atoms with van der Waals surface area (Å²) >= 11 is 2.97. The standard InChI is InChI=1S/C22H42O5S2Si/c1-6-21(23)28-16-18-11-12-19(20(15-18)17-29-22(24)7-2)13-14-30(25-8-3,26-9-4)27-10-5/h18-20H,6-17H2,1-5H3. The van der Waals surface area contributed by atoms with Gasteiger partial charge in [-0.05, 0) is 64.2 Å². The van der Waals surface area contributed by atoms with Crippen LogP contribution in [0.4, 0.5) is 0 Å². The highest BCUT2D eigenvalue weighted by Gasteiger charge is 2.42. The van der Waals surface area contributed by atoms with Crippen molar-refractivity contribution in [3.63, 3.8) is 0 Å². The van der Waals surface area contributed by atoms with Crippen molar-refractivity contribution < 1.29 is 22.9 Å². The molecule has 0 saturated heterocycles. The van der Waals surface area contributed by atoms with E-state index in [9.17, 15) is 9.59 Å². The second-order valence-electron chi connectivity index (χ2n) is 7.79. The second kappa shape index (κ2) is 15.9. The SMILES string of the molecule is CCO[Si](CCC1CCC(CSC(=O)CC)CC1CSC(=O)CC)(OCC)OCC. The summed E-state index contributed by atoms with van der Waals surface area (Å²) in [6, 6.07) is 0.837. The molecule has 8 heteroatoms. The first-order chi connectivity index (χ1) is 14.4. The van der Waals surface area contributed by atoms with E-state index in [0.29, 0.717) is 50.4 Å². The van der Waals surface area contributed by atoms with Crippen molar-refractivity contribution in [2.24, 2.45) is 17.8 Å². The maximum Gasteiger partial charge on any atom is 0.500 e. The average Bonchev–Trinajstić information content (AvgIpc) is 2.75. The van der Waals surface area contributed by atoms with Gasteiger partial charge in [-0.25, -0.2) is 0 Å². The predicted molar refractivity (Wildman–Crippen MR) is 130 cm³/mol. The highest BCUT2D eigenvalue weighted by molar-refractivity contribution is 8.13. The lowest BCUT2D eigenvalue weighted by Gasteiger charge is -2.37. The van der Waals surface area contributed by atoms with Crippen LogP contribution in [0.1, 0.15) is 73.1 Å². The molecule has 1 saturated carbocycles. The Morgan fingerprint density at radius 2 is 1.33 bits per heavy atom. The van der Waals surface area contributed by atoms with Gasteiger partial charge in [0.2, 0.25) is 0 Å². The Morgan fingerprint density at radius 1 is 0.800 bits per heavy atom. The van der Waals surface area contributed by atoms with Crippen LogP contribution < -0.4 is 0 Å². The molecule has 0 N–H and O–H groups in total. The van der Waals surface area contributed by atoms with E-state index >= 15 is 0 Å². The minimum atomic E-state index is -2.64. The average molecular weight is 479 g/mol. The Kier molecular flexibility index (Phi) is 14.9. The predicted octanol–water partition coefficient (Wildman–Crippen LogP) is 5.80. The van der Waals surface area contributed by atoms with E-state index in [1.54, 1.807) is 0 Å². The number of hydrogen-bond donors (Lipinski definition) is 0. The minimum Gasteiger partial charge on any atom is -0.374 e. The van der Waals surface area contributed by atoms with Crippen molar-refractivity contribution in [3.8, 4) is 0 Å². The zero-order chi connectivity index (χ0) is 22.4. The van der Waals surface area contributed by atoms with E-state index in [2.05, 4.69) is 0 Å². The van der Waals surface area contributed by atoms with Crippen molar-refractivity contribution in [2.75, 3.05) is 31.3 Å². The Balaban J connectivity index is 2.77. The summed E-state index contributed by atoms with van der Waals surface area (Å²) < 4.78 is 18.1. The van der Waals surface area contributed by atoms with Gasteiger partial charge in [-0.3, -0.25) is 9.59 Å². The molecule has 0 spiro atoms. The van der Waals surface area contributed by atoms with E-state index in [-0.39, 0.29) is 10.2 Å². The summed E-state index contributed by atoms with van der Waals surface area (Å²) in [5, 5.41) is 0.554. The van der Waals surface area contributed by atoms with Gasteiger partial charge in [0.25, 0.3) is 0 Å². The Morgan fingerprint density at radius 3 is 1.83 bits per heavy atom. The first-order valence-corrected chi connectivity index (χ1v) is 15.6. The molecule has 0 aliphatic heterocycles. The molecule has 0 aromatic carbocycles. The largest absolute Gasteiger partial charge is 0.500 e. The van der Waals surface area contributed by atoms with E-state index in [1.165, 1.54) is 23.5 Å². The van der Waals surface area contributed by atoms with Crippen LogP contribution in [-0.4, -0.2) is 50.4 Å². The zero-order valence-electron chi connectivity index (χ0n) is 19.6. The molecule has 30 heavy (non-hydrogen) atoms. The topological polar surface area (TPSA) is 61.8 Å². The van der Waals surface area contributed by atoms with Gasteiger partial charge in [-0.1, -0.05) is 37.4 Å². The number of hydrogen-bond acceptors (Lipinski definition) is 7. The number of thioether (sulfide) groups is 2. The number of rotatable bonds is 15. The fraction of sp³-hybridized carbons (Fsp3) is 0.909. The van der Waals surface area contributed by atoms with Crippen LogP contribution in [0.3, 0.4) is 0 Å². The number of carbonyl (C=O) groups is 2. The van der Waals surface area contributed by atoms with Gasteiger partial charge in [0, 0.05) is 50.2 Å². The van der Waals surface area contributed by atoms with Gasteiger partial charge in [0.1, 0.15) is 0 Å². The van der Waals surface area contributed by atoms with Gasteiger partial charge < -0.3 is 13.3 Å². The summed E-state index contributed by atoms with van der Waals surface area (Å²) in [5.41, 5.74) is 0. The van der Waals surface area contributed by atoms with Crippen molar-refractivity contribution in [1.29, 1.82) is 0 Å². The summed E-state index contributed by atoms with van der Waals surface area (Å²) in [5.74, 6) is 3.42. The van der Waals surface area contributed by atoms with Crippen LogP contribution in [0, 0.1) is 17.8 Å². The van der Waals surface area contributed by atoms with Crippen molar-refractivity contribution in [1.82, 2.24) is 0 Å². The minimum absolute atomic E-state index is 0.271. The molecule has 1 aliphatic rings. The molecule has 0 heterocycles. The van der Waals surface area contributed by atoms with Crippen molar-refractivity contribution in [3.05, 3.63) is 0 Å². The van der Waals surface area contributed by atoms with Crippen LogP contribution in [0.15, 0.2) is 0 Å². The van der Waals surface area contributed by atoms with Gasteiger partial charge in [-0.2, -0.15) is 0 Å². The van der Waals surface area contributed by atoms with Crippen LogP contribution in [0.5, 0.6) is 0 Å². The summed E-state index contributed by atoms with van der Waals surface area (Å²) in [7, 11) is -2.64. The maximum absolute atomic E-state index is 11.9. The summed E-state index contributed by atoms with van der Waals surface area (Å²) in [4.78, 5) is 23.7. The lowest BCUT2D eigenvalue weighted by molar-refractivity contribution is -0.111. The smallest absolute Gasteiger partial charge is 0.374 e. The Bertz CT molecular complexity index is 489. The molecular formula is C22H42O5S2Si. The van der Waals surface area contributed by atoms with Crippen LogP contribution in [-0.2, 0) is 22.9 Å². The first-order valence-electron chi connectivity index (χ1n) is 11.7. The highest BCUT2D eigenvalue weighted by Crippen LogP contribution is 2.41. The molecule has 1 fully saturated rings. The van der Waals surface area contributed by atoms with Gasteiger partial charge in [0.15, 0.2) is 10.2 Å². The monoisotopic (exact) mass is 478 g/mol. The molecule has 5 nitrogen and oxygen atoms in total. The second-order valence-corrected chi connectivity index (χ2v) is 12.7. The van der Waals surface area contributed by atoms with Crippen LogP contribution in [0.25, 0.3) is 0 Å². The van der Waals surface area contributed by atoms with E-state index in [1.807, 2.05) is 34.6 Å². The molecule has 0 radical (unpaired) electrons. The molecule has 0 amide bonds. The fourth-order valence-corrected chi connectivity index (χ4v) is 8.81. The maximum atomic E-state index is 11.9. The molecule has 3 atom stereocenters. The number of carbonyl (C=O) groups excluding carboxylic acids is 2. The Labute approximate surface area is 193 Å². The normalized spacial score (nSPS) is 22.2. The summed E-state index contributed by atoms with van der Waals surface area (Å²) in [6.07, 6.45) is 5.61. The highest BCUT2D eigenvalue weighted by atomic mass is 32.2. The molecular weight excluding hydrogens is 436 g/mol. The van der Waals surface area contributed by atoms with Gasteiger partial charge in [-0.15, -0.1) is 0 Å². The molecule has 0 aromatic rings. The van der Waals surface area contributed by atoms with E-state index < -0.39 is 8.80 Å². The molecule has 0 bridgehead atoms. The quantitative estimate of drug-likeness (QED) is 0.276. The molecule has 176 valence electrons. The molecule has 1 rings (SSSR count). The molecule has 0 aromatic heterocycles. The third-order valence-electron chi connectivity index (χ3n) is 5.68. The van der Waals surface area contributed by atoms with Crippen molar-refractivity contribution >= 4 is 42.6 Å². The van der Waals surface area contributed by atoms with Crippen molar-refractivity contribution in [2.45, 2.75) is 79.2 Å². The van der Waals surface area contributed by atoms with E-state index in [4.69, 9.17) is 13.3 Å². The Hall–Kier alpha value is 0.137. The van der Waals surface area contributed by atoms with Crippen LogP contribution >= 0.6 is 23.5 Å². The van der Waals surface area contributed by atoms with Gasteiger partial charge in [0.05, 0.1) is 0 Å². The fourth-order valence-electron chi connectivity index (χ4n) is 4.14. The van der Waals surface area contributed by atoms with E-state index in [0.717, 1.165) is 43.2 Å². The first kappa shape index (κ1) is 28.2. The van der Waals surface area contributed by atoms with Crippen LogP contribution in [0.2, 0.25) is 6.04 Å². The lowest BCUT2D eigenvalue weighted by atomic mass is 9.74. The molecule has 3 unspecified atom stereocenters. The summed E-state index contributed by atoms with van der Waals surface area (Å²) in [6.45, 7) is 11.6. The third kappa shape index (κ3) is 10.2.